The summed E-state index contributed by atoms with van der Waals surface area (Å²) in [4.78, 5) is 14.2. The third-order valence-corrected chi connectivity index (χ3v) is 9.02. The van der Waals surface area contributed by atoms with Crippen molar-refractivity contribution in [2.24, 2.45) is 11.8 Å². The lowest BCUT2D eigenvalue weighted by Gasteiger charge is -2.23. The first-order valence-electron chi connectivity index (χ1n) is 12.4. The minimum atomic E-state index is -0.632. The average molecular weight is 576 g/mol. The maximum absolute atomic E-state index is 12.4. The molecule has 2 fully saturated rings. The summed E-state index contributed by atoms with van der Waals surface area (Å²) in [6.07, 6.45) is 4.36. The molecule has 1 aliphatic heterocycles. The molecule has 1 aromatic heterocycles. The second kappa shape index (κ2) is 12.3. The minimum absolute atomic E-state index is 0.0337. The van der Waals surface area contributed by atoms with E-state index < -0.39 is 11.9 Å². The summed E-state index contributed by atoms with van der Waals surface area (Å²) in [5.41, 5.74) is 1.07. The number of aryl methyl sites for hydroxylation is 2. The fourth-order valence-electron chi connectivity index (χ4n) is 5.24. The highest BCUT2D eigenvalue weighted by molar-refractivity contribution is 7.13. The zero-order chi connectivity index (χ0) is 25.9. The molecule has 198 valence electrons. The number of alkyl halides is 1. The van der Waals surface area contributed by atoms with Crippen LogP contribution in [0.2, 0.25) is 10.0 Å². The van der Waals surface area contributed by atoms with Gasteiger partial charge in [0.1, 0.15) is 17.6 Å². The first-order valence-corrected chi connectivity index (χ1v) is 14.5. The van der Waals surface area contributed by atoms with E-state index in [9.17, 15) is 9.90 Å². The van der Waals surface area contributed by atoms with Gasteiger partial charge in [0.15, 0.2) is 5.79 Å². The second-order valence-corrected chi connectivity index (χ2v) is 12.8. The van der Waals surface area contributed by atoms with Crippen molar-refractivity contribution >= 4 is 52.1 Å². The Hall–Kier alpha value is -0.860. The van der Waals surface area contributed by atoms with Crippen LogP contribution in [0.1, 0.15) is 59.6 Å². The van der Waals surface area contributed by atoms with Crippen LogP contribution in [0, 0.1) is 11.8 Å². The normalized spacial score (nSPS) is 27.4. The molecule has 2 aliphatic rings. The molecule has 2 aromatic rings. The molecule has 0 amide bonds. The van der Waals surface area contributed by atoms with Crippen molar-refractivity contribution < 1.29 is 24.1 Å². The maximum Gasteiger partial charge on any atom is 0.348 e. The van der Waals surface area contributed by atoms with E-state index in [-0.39, 0.29) is 35.9 Å². The first-order chi connectivity index (χ1) is 17.1. The van der Waals surface area contributed by atoms with Gasteiger partial charge < -0.3 is 19.3 Å². The van der Waals surface area contributed by atoms with Gasteiger partial charge in [0.25, 0.3) is 0 Å². The summed E-state index contributed by atoms with van der Waals surface area (Å²) in [5, 5.41) is 11.9. The van der Waals surface area contributed by atoms with Crippen molar-refractivity contribution in [3.8, 4) is 0 Å². The number of aliphatic hydroxyl groups excluding tert-OH is 1. The van der Waals surface area contributed by atoms with Crippen LogP contribution in [0.4, 0.5) is 0 Å². The van der Waals surface area contributed by atoms with E-state index >= 15 is 0 Å². The number of thiophene rings is 1. The quantitative estimate of drug-likeness (QED) is 0.246. The van der Waals surface area contributed by atoms with Gasteiger partial charge in [-0.15, -0.1) is 22.9 Å². The van der Waals surface area contributed by atoms with Crippen molar-refractivity contribution in [3.05, 3.63) is 55.7 Å². The monoisotopic (exact) mass is 574 g/mol. The van der Waals surface area contributed by atoms with E-state index in [1.807, 2.05) is 38.1 Å². The highest BCUT2D eigenvalue weighted by Crippen LogP contribution is 2.42. The van der Waals surface area contributed by atoms with Crippen molar-refractivity contribution in [2.75, 3.05) is 13.2 Å². The van der Waals surface area contributed by atoms with E-state index in [1.54, 1.807) is 6.07 Å². The SMILES string of the molecule is CC1(C)OC[C@H](COC(=O)c2ccc(CCC[C@@H]3[C@@H](CCc4cc(Cl)cc(Cl)c4)[C@H](O)C[C@@H]3Cl)s2)O1. The standard InChI is InChI=1S/C27H33Cl3O5S/c1-27(2)34-15-19(35-27)14-33-26(32)25-9-7-20(36-25)4-3-5-21-22(24(31)13-23(21)30)8-6-16-10-17(28)12-18(29)11-16/h7,9-12,19,21-24,31H,3-6,8,13-15H2,1-2H3/t19-,21+,22+,23-,24+/m0/s1. The number of carbonyl (C=O) groups excluding carboxylic acids is 1. The smallest absolute Gasteiger partial charge is 0.348 e. The molecule has 5 atom stereocenters. The molecule has 1 aliphatic carbocycles. The number of hydrogen-bond acceptors (Lipinski definition) is 6. The molecule has 0 unspecified atom stereocenters. The van der Waals surface area contributed by atoms with E-state index in [0.717, 1.165) is 42.5 Å². The number of hydrogen-bond donors (Lipinski definition) is 1. The van der Waals surface area contributed by atoms with E-state index in [0.29, 0.717) is 28.0 Å². The predicted octanol–water partition coefficient (Wildman–Crippen LogP) is 6.92. The molecule has 1 aromatic carbocycles. The predicted molar refractivity (Wildman–Crippen MR) is 144 cm³/mol. The molecule has 1 saturated heterocycles. The fourth-order valence-corrected chi connectivity index (χ4v) is 7.25. The largest absolute Gasteiger partial charge is 0.459 e. The van der Waals surface area contributed by atoms with Gasteiger partial charge in [0.05, 0.1) is 12.7 Å². The summed E-state index contributed by atoms with van der Waals surface area (Å²) in [6, 6.07) is 9.39. The fraction of sp³-hybridized carbons (Fsp3) is 0.593. The summed E-state index contributed by atoms with van der Waals surface area (Å²) < 4.78 is 16.6. The zero-order valence-electron chi connectivity index (χ0n) is 20.6. The molecule has 36 heavy (non-hydrogen) atoms. The number of benzene rings is 1. The molecule has 0 bridgehead atoms. The van der Waals surface area contributed by atoms with Crippen LogP contribution in [0.15, 0.2) is 30.3 Å². The Morgan fingerprint density at radius 3 is 2.58 bits per heavy atom. The molecule has 4 rings (SSSR count). The third kappa shape index (κ3) is 7.59. The van der Waals surface area contributed by atoms with Crippen molar-refractivity contribution in [2.45, 2.75) is 75.7 Å². The number of aliphatic hydroxyl groups is 1. The van der Waals surface area contributed by atoms with Gasteiger partial charge in [-0.2, -0.15) is 0 Å². The van der Waals surface area contributed by atoms with Crippen molar-refractivity contribution in [1.29, 1.82) is 0 Å². The number of carbonyl (C=O) groups is 1. The molecule has 2 heterocycles. The Kier molecular flexibility index (Phi) is 9.64. The number of esters is 1. The zero-order valence-corrected chi connectivity index (χ0v) is 23.6. The molecule has 1 N–H and O–H groups in total. The molecule has 5 nitrogen and oxygen atoms in total. The summed E-state index contributed by atoms with van der Waals surface area (Å²) in [6.45, 7) is 4.29. The molecule has 9 heteroatoms. The lowest BCUT2D eigenvalue weighted by molar-refractivity contribution is -0.142. The van der Waals surface area contributed by atoms with E-state index in [1.165, 1.54) is 11.3 Å². The Morgan fingerprint density at radius 1 is 1.14 bits per heavy atom. The number of halogens is 3. The lowest BCUT2D eigenvalue weighted by Crippen LogP contribution is -2.25. The van der Waals surface area contributed by atoms with E-state index in [4.69, 9.17) is 49.0 Å². The summed E-state index contributed by atoms with van der Waals surface area (Å²) >= 11 is 20.4. The van der Waals surface area contributed by atoms with Crippen LogP contribution < -0.4 is 0 Å². The molecular weight excluding hydrogens is 543 g/mol. The van der Waals surface area contributed by atoms with Crippen LogP contribution in [0.25, 0.3) is 0 Å². The number of rotatable bonds is 10. The Morgan fingerprint density at radius 2 is 1.89 bits per heavy atom. The van der Waals surface area contributed by atoms with Crippen molar-refractivity contribution in [3.63, 3.8) is 0 Å². The van der Waals surface area contributed by atoms with Gasteiger partial charge >= 0.3 is 5.97 Å². The Bertz CT molecular complexity index is 1020. The van der Waals surface area contributed by atoms with E-state index in [2.05, 4.69) is 0 Å². The molecule has 1 saturated carbocycles. The third-order valence-electron chi connectivity index (χ3n) is 6.96. The van der Waals surface area contributed by atoms with Gasteiger partial charge in [-0.3, -0.25) is 0 Å². The summed E-state index contributed by atoms with van der Waals surface area (Å²) in [7, 11) is 0. The van der Waals surface area contributed by atoms with Crippen LogP contribution >= 0.6 is 46.1 Å². The van der Waals surface area contributed by atoms with Gasteiger partial charge in [0.2, 0.25) is 0 Å². The first kappa shape index (κ1) is 28.2. The van der Waals surface area contributed by atoms with Crippen LogP contribution in [-0.2, 0) is 27.1 Å². The number of ether oxygens (including phenoxy) is 3. The van der Waals surface area contributed by atoms with Gasteiger partial charge in [-0.25, -0.2) is 4.79 Å². The van der Waals surface area contributed by atoms with Crippen LogP contribution in [0.5, 0.6) is 0 Å². The lowest BCUT2D eigenvalue weighted by atomic mass is 9.85. The highest BCUT2D eigenvalue weighted by atomic mass is 35.5. The van der Waals surface area contributed by atoms with Gasteiger partial charge in [0, 0.05) is 20.3 Å². The minimum Gasteiger partial charge on any atom is -0.459 e. The highest BCUT2D eigenvalue weighted by Gasteiger charge is 2.40. The summed E-state index contributed by atoms with van der Waals surface area (Å²) in [5.74, 6) is -0.572. The van der Waals surface area contributed by atoms with Gasteiger partial charge in [-0.1, -0.05) is 23.2 Å². The topological polar surface area (TPSA) is 65.0 Å². The molecular formula is C27H33Cl3O5S. The Labute approximate surface area is 232 Å². The van der Waals surface area contributed by atoms with Crippen LogP contribution in [0.3, 0.4) is 0 Å². The van der Waals surface area contributed by atoms with Gasteiger partial charge in [-0.05, 0) is 100 Å². The Balaban J connectivity index is 1.24. The average Bonchev–Trinajstić information content (AvgIpc) is 3.48. The second-order valence-electron chi connectivity index (χ2n) is 10.2. The van der Waals surface area contributed by atoms with Crippen LogP contribution in [-0.4, -0.2) is 47.7 Å². The molecule has 0 radical (unpaired) electrons. The molecule has 0 spiro atoms. The maximum atomic E-state index is 12.4. The van der Waals surface area contributed by atoms with Crippen molar-refractivity contribution in [1.82, 2.24) is 0 Å².